The van der Waals surface area contributed by atoms with Gasteiger partial charge >= 0.3 is 6.18 Å². The Morgan fingerprint density at radius 1 is 1.17 bits per heavy atom. The van der Waals surface area contributed by atoms with E-state index in [0.29, 0.717) is 5.69 Å². The SMILES string of the molecule is O=C1CSC(c2ccccc2C(F)(F)F)N1Cc1ccccn1. The Bertz CT molecular complexity index is 706. The molecular formula is C16H13F3N2OS. The molecule has 1 fully saturated rings. The number of hydrogen-bond donors (Lipinski definition) is 0. The van der Waals surface area contributed by atoms with Crippen LogP contribution >= 0.6 is 11.8 Å². The van der Waals surface area contributed by atoms with E-state index in [9.17, 15) is 18.0 Å². The molecule has 2 heterocycles. The summed E-state index contributed by atoms with van der Waals surface area (Å²) < 4.78 is 39.7. The summed E-state index contributed by atoms with van der Waals surface area (Å²) in [5, 5.41) is -0.651. The largest absolute Gasteiger partial charge is 0.416 e. The Hall–Kier alpha value is -2.02. The summed E-state index contributed by atoms with van der Waals surface area (Å²) in [5.41, 5.74) is 0.0721. The zero-order chi connectivity index (χ0) is 16.4. The van der Waals surface area contributed by atoms with E-state index in [0.717, 1.165) is 6.07 Å². The number of alkyl halides is 3. The zero-order valence-corrected chi connectivity index (χ0v) is 12.8. The van der Waals surface area contributed by atoms with Gasteiger partial charge in [-0.15, -0.1) is 11.8 Å². The predicted octanol–water partition coefficient (Wildman–Crippen LogP) is 3.87. The van der Waals surface area contributed by atoms with Crippen LogP contribution in [-0.4, -0.2) is 21.5 Å². The molecule has 0 radical (unpaired) electrons. The Labute approximate surface area is 135 Å². The van der Waals surface area contributed by atoms with Crippen molar-refractivity contribution in [2.75, 3.05) is 5.75 Å². The number of carbonyl (C=O) groups is 1. The highest BCUT2D eigenvalue weighted by atomic mass is 32.2. The topological polar surface area (TPSA) is 33.2 Å². The van der Waals surface area contributed by atoms with Crippen LogP contribution in [0.1, 0.15) is 22.2 Å². The molecule has 0 saturated carbocycles. The van der Waals surface area contributed by atoms with Crippen molar-refractivity contribution < 1.29 is 18.0 Å². The quantitative estimate of drug-likeness (QED) is 0.852. The van der Waals surface area contributed by atoms with Gasteiger partial charge in [-0.3, -0.25) is 9.78 Å². The van der Waals surface area contributed by atoms with Crippen molar-refractivity contribution >= 4 is 17.7 Å². The van der Waals surface area contributed by atoms with E-state index in [1.807, 2.05) is 0 Å². The highest BCUT2D eigenvalue weighted by molar-refractivity contribution is 8.00. The van der Waals surface area contributed by atoms with Gasteiger partial charge in [0.25, 0.3) is 0 Å². The number of nitrogens with zero attached hydrogens (tertiary/aromatic N) is 2. The maximum absolute atomic E-state index is 13.2. The highest BCUT2D eigenvalue weighted by Crippen LogP contribution is 2.44. The van der Waals surface area contributed by atoms with Gasteiger partial charge in [-0.05, 0) is 23.8 Å². The molecule has 1 amide bonds. The molecule has 0 spiro atoms. The first kappa shape index (κ1) is 15.9. The fourth-order valence-corrected chi connectivity index (χ4v) is 3.74. The molecule has 23 heavy (non-hydrogen) atoms. The summed E-state index contributed by atoms with van der Waals surface area (Å²) in [4.78, 5) is 17.7. The van der Waals surface area contributed by atoms with Crippen LogP contribution < -0.4 is 0 Å². The molecule has 1 saturated heterocycles. The summed E-state index contributed by atoms with van der Waals surface area (Å²) in [5.74, 6) is -0.00779. The third-order valence-electron chi connectivity index (χ3n) is 3.56. The summed E-state index contributed by atoms with van der Waals surface area (Å²) in [6.07, 6.45) is -2.85. The maximum Gasteiger partial charge on any atom is 0.416 e. The van der Waals surface area contributed by atoms with Crippen LogP contribution in [0.3, 0.4) is 0 Å². The van der Waals surface area contributed by atoms with Gasteiger partial charge in [0.15, 0.2) is 0 Å². The molecule has 2 aromatic rings. The second-order valence-electron chi connectivity index (χ2n) is 5.09. The van der Waals surface area contributed by atoms with Crippen molar-refractivity contribution in [1.29, 1.82) is 0 Å². The van der Waals surface area contributed by atoms with Gasteiger partial charge in [-0.1, -0.05) is 24.3 Å². The molecule has 1 unspecified atom stereocenters. The minimum atomic E-state index is -4.44. The maximum atomic E-state index is 13.2. The summed E-state index contributed by atoms with van der Waals surface area (Å²) >= 11 is 1.21. The number of rotatable bonds is 3. The molecule has 0 bridgehead atoms. The van der Waals surface area contributed by atoms with Crippen molar-refractivity contribution in [2.45, 2.75) is 18.1 Å². The lowest BCUT2D eigenvalue weighted by Gasteiger charge is -2.26. The zero-order valence-electron chi connectivity index (χ0n) is 12.0. The summed E-state index contributed by atoms with van der Waals surface area (Å²) in [6.45, 7) is 0.198. The Morgan fingerprint density at radius 3 is 2.61 bits per heavy atom. The fourth-order valence-electron chi connectivity index (χ4n) is 2.52. The number of thioether (sulfide) groups is 1. The van der Waals surface area contributed by atoms with Gasteiger partial charge in [-0.25, -0.2) is 0 Å². The Morgan fingerprint density at radius 2 is 1.91 bits per heavy atom. The van der Waals surface area contributed by atoms with Gasteiger partial charge in [-0.2, -0.15) is 13.2 Å². The van der Waals surface area contributed by atoms with Crippen molar-refractivity contribution in [3.05, 3.63) is 65.5 Å². The monoisotopic (exact) mass is 338 g/mol. The molecule has 0 N–H and O–H groups in total. The first-order valence-corrected chi connectivity index (χ1v) is 7.99. The Balaban J connectivity index is 1.94. The van der Waals surface area contributed by atoms with Crippen molar-refractivity contribution in [1.82, 2.24) is 9.88 Å². The first-order valence-electron chi connectivity index (χ1n) is 6.94. The van der Waals surface area contributed by atoms with Gasteiger partial charge < -0.3 is 4.90 Å². The lowest BCUT2D eigenvalue weighted by Crippen LogP contribution is -2.29. The van der Waals surface area contributed by atoms with E-state index in [1.54, 1.807) is 30.5 Å². The molecule has 1 aromatic heterocycles. The number of amides is 1. The molecule has 1 atom stereocenters. The van der Waals surface area contributed by atoms with Crippen LogP contribution in [0, 0.1) is 0 Å². The summed E-state index contributed by atoms with van der Waals surface area (Å²) in [7, 11) is 0. The molecule has 120 valence electrons. The van der Waals surface area contributed by atoms with E-state index in [-0.39, 0.29) is 23.8 Å². The second-order valence-corrected chi connectivity index (χ2v) is 6.16. The molecule has 1 aliphatic heterocycles. The first-order chi connectivity index (χ1) is 11.0. The number of benzene rings is 1. The van der Waals surface area contributed by atoms with Gasteiger partial charge in [0.2, 0.25) is 5.91 Å². The van der Waals surface area contributed by atoms with Gasteiger partial charge in [0.1, 0.15) is 5.37 Å². The van der Waals surface area contributed by atoms with Gasteiger partial charge in [0, 0.05) is 6.20 Å². The van der Waals surface area contributed by atoms with Crippen molar-refractivity contribution in [3.63, 3.8) is 0 Å². The second kappa shape index (κ2) is 6.23. The minimum absolute atomic E-state index is 0.117. The van der Waals surface area contributed by atoms with Crippen LogP contribution in [0.25, 0.3) is 0 Å². The standard InChI is InChI=1S/C16H13F3N2OS/c17-16(18,19)13-7-2-1-6-12(13)15-21(14(22)10-23-15)9-11-5-3-4-8-20-11/h1-8,15H,9-10H2. The van der Waals surface area contributed by atoms with Crippen LogP contribution in [0.4, 0.5) is 13.2 Å². The van der Waals surface area contributed by atoms with Crippen LogP contribution in [0.15, 0.2) is 48.7 Å². The molecule has 0 aliphatic carbocycles. The minimum Gasteiger partial charge on any atom is -0.320 e. The molecule has 7 heteroatoms. The van der Waals surface area contributed by atoms with E-state index in [1.165, 1.54) is 28.8 Å². The van der Waals surface area contributed by atoms with Crippen LogP contribution in [0.2, 0.25) is 0 Å². The normalized spacial score (nSPS) is 18.5. The van der Waals surface area contributed by atoms with Crippen molar-refractivity contribution in [2.24, 2.45) is 0 Å². The lowest BCUT2D eigenvalue weighted by atomic mass is 10.1. The van der Waals surface area contributed by atoms with Crippen molar-refractivity contribution in [3.8, 4) is 0 Å². The van der Waals surface area contributed by atoms with E-state index in [2.05, 4.69) is 4.98 Å². The molecule has 3 nitrogen and oxygen atoms in total. The third kappa shape index (κ3) is 3.34. The Kier molecular flexibility index (Phi) is 4.30. The van der Waals surface area contributed by atoms with E-state index in [4.69, 9.17) is 0 Å². The van der Waals surface area contributed by atoms with E-state index < -0.39 is 17.1 Å². The average Bonchev–Trinajstić information content (AvgIpc) is 2.89. The lowest BCUT2D eigenvalue weighted by molar-refractivity contribution is -0.139. The predicted molar refractivity (Wildman–Crippen MR) is 81.4 cm³/mol. The number of pyridine rings is 1. The molecular weight excluding hydrogens is 325 g/mol. The number of halogens is 3. The average molecular weight is 338 g/mol. The van der Waals surface area contributed by atoms with E-state index >= 15 is 0 Å². The third-order valence-corrected chi connectivity index (χ3v) is 4.80. The van der Waals surface area contributed by atoms with Gasteiger partial charge in [0.05, 0.1) is 23.6 Å². The molecule has 1 aliphatic rings. The highest BCUT2D eigenvalue weighted by Gasteiger charge is 2.40. The molecule has 3 rings (SSSR count). The molecule has 1 aromatic carbocycles. The number of carbonyl (C=O) groups excluding carboxylic acids is 1. The van der Waals surface area contributed by atoms with Crippen LogP contribution in [-0.2, 0) is 17.5 Å². The fraction of sp³-hybridized carbons (Fsp3) is 0.250. The summed E-state index contributed by atoms with van der Waals surface area (Å²) in [6, 6.07) is 10.7. The van der Waals surface area contributed by atoms with Crippen LogP contribution in [0.5, 0.6) is 0 Å². The number of aromatic nitrogens is 1. The smallest absolute Gasteiger partial charge is 0.320 e. The number of hydrogen-bond acceptors (Lipinski definition) is 3.